The number of likely N-dealkylation sites (N-methyl/N-ethyl adjacent to an activating group) is 1. The molecule has 2 aliphatic rings. The first-order valence-corrected chi connectivity index (χ1v) is 6.73. The Balaban J connectivity index is 1.59. The maximum Gasteiger partial charge on any atom is 0.0695 e. The van der Waals surface area contributed by atoms with Gasteiger partial charge in [-0.3, -0.25) is 4.90 Å². The summed E-state index contributed by atoms with van der Waals surface area (Å²) in [7, 11) is 2.11. The molecule has 1 N–H and O–H groups in total. The Morgan fingerprint density at radius 2 is 1.94 bits per heavy atom. The van der Waals surface area contributed by atoms with Gasteiger partial charge in [-0.15, -0.1) is 0 Å². The molecule has 2 saturated carbocycles. The fourth-order valence-electron chi connectivity index (χ4n) is 2.51. The van der Waals surface area contributed by atoms with E-state index in [0.29, 0.717) is 6.04 Å². The molecule has 16 heavy (non-hydrogen) atoms. The molecule has 0 aromatic rings. The van der Waals surface area contributed by atoms with Gasteiger partial charge in [0.15, 0.2) is 0 Å². The Morgan fingerprint density at radius 1 is 1.19 bits per heavy atom. The summed E-state index contributed by atoms with van der Waals surface area (Å²) >= 11 is 0. The number of hydrogen-bond donors (Lipinski definition) is 1. The van der Waals surface area contributed by atoms with Gasteiger partial charge >= 0.3 is 0 Å². The molecule has 2 fully saturated rings. The Labute approximate surface area is 98.8 Å². The number of aliphatic hydroxyl groups is 1. The largest absolute Gasteiger partial charge is 0.391 e. The minimum absolute atomic E-state index is 0.123. The van der Waals surface area contributed by atoms with Crippen LogP contribution in [-0.4, -0.2) is 49.0 Å². The van der Waals surface area contributed by atoms with Crippen molar-refractivity contribution < 1.29 is 9.84 Å². The van der Waals surface area contributed by atoms with E-state index < -0.39 is 0 Å². The van der Waals surface area contributed by atoms with Crippen molar-refractivity contribution in [1.82, 2.24) is 4.90 Å². The highest BCUT2D eigenvalue weighted by Gasteiger charge is 2.26. The molecular formula is C13H25NO2. The van der Waals surface area contributed by atoms with E-state index in [1.165, 1.54) is 25.7 Å². The van der Waals surface area contributed by atoms with E-state index in [9.17, 15) is 5.11 Å². The van der Waals surface area contributed by atoms with Crippen molar-refractivity contribution in [3.63, 3.8) is 0 Å². The normalized spacial score (nSPS) is 30.9. The van der Waals surface area contributed by atoms with E-state index in [1.807, 2.05) is 0 Å². The maximum atomic E-state index is 9.91. The summed E-state index contributed by atoms with van der Waals surface area (Å²) in [4.78, 5) is 2.27. The van der Waals surface area contributed by atoms with Gasteiger partial charge in [-0.2, -0.15) is 0 Å². The van der Waals surface area contributed by atoms with Crippen molar-refractivity contribution >= 4 is 0 Å². The van der Waals surface area contributed by atoms with Crippen LogP contribution in [0.4, 0.5) is 0 Å². The lowest BCUT2D eigenvalue weighted by Gasteiger charge is -2.35. The summed E-state index contributed by atoms with van der Waals surface area (Å²) in [6.45, 7) is 2.71. The second kappa shape index (κ2) is 5.99. The molecular weight excluding hydrogens is 202 g/mol. The van der Waals surface area contributed by atoms with Gasteiger partial charge in [0, 0.05) is 19.2 Å². The third-order valence-electron chi connectivity index (χ3n) is 3.90. The number of aliphatic hydroxyl groups excluding tert-OH is 1. The zero-order valence-corrected chi connectivity index (χ0v) is 10.4. The topological polar surface area (TPSA) is 32.7 Å². The molecule has 0 saturated heterocycles. The summed E-state index contributed by atoms with van der Waals surface area (Å²) in [5.41, 5.74) is 0. The molecule has 3 heteroatoms. The zero-order chi connectivity index (χ0) is 11.4. The van der Waals surface area contributed by atoms with Gasteiger partial charge in [-0.05, 0) is 38.6 Å². The third-order valence-corrected chi connectivity index (χ3v) is 3.90. The molecule has 0 aliphatic heterocycles. The molecule has 0 amide bonds. The third kappa shape index (κ3) is 3.72. The van der Waals surface area contributed by atoms with Crippen LogP contribution < -0.4 is 0 Å². The van der Waals surface area contributed by atoms with Crippen molar-refractivity contribution in [3.05, 3.63) is 0 Å². The van der Waals surface area contributed by atoms with Gasteiger partial charge in [-0.1, -0.05) is 12.8 Å². The molecule has 3 nitrogen and oxygen atoms in total. The van der Waals surface area contributed by atoms with Crippen LogP contribution in [0.3, 0.4) is 0 Å². The van der Waals surface area contributed by atoms with E-state index in [2.05, 4.69) is 11.9 Å². The lowest BCUT2D eigenvalue weighted by atomic mass is 9.92. The summed E-state index contributed by atoms with van der Waals surface area (Å²) < 4.78 is 5.63. The van der Waals surface area contributed by atoms with E-state index in [0.717, 1.165) is 38.5 Å². The zero-order valence-electron chi connectivity index (χ0n) is 10.4. The van der Waals surface area contributed by atoms with Crippen LogP contribution >= 0.6 is 0 Å². The molecule has 0 aromatic heterocycles. The van der Waals surface area contributed by atoms with Crippen LogP contribution in [0.2, 0.25) is 0 Å². The minimum Gasteiger partial charge on any atom is -0.391 e. The summed E-state index contributed by atoms with van der Waals surface area (Å²) in [6.07, 6.45) is 7.15. The molecule has 2 aliphatic carbocycles. The van der Waals surface area contributed by atoms with Crippen LogP contribution in [0, 0.1) is 5.92 Å². The molecule has 0 bridgehead atoms. The average Bonchev–Trinajstić information content (AvgIpc) is 3.08. The Kier molecular flexibility index (Phi) is 4.62. The first kappa shape index (κ1) is 12.3. The fraction of sp³-hybridized carbons (Fsp3) is 1.00. The molecule has 0 aromatic carbocycles. The van der Waals surface area contributed by atoms with E-state index in [-0.39, 0.29) is 6.10 Å². The van der Waals surface area contributed by atoms with Crippen molar-refractivity contribution in [3.8, 4) is 0 Å². The van der Waals surface area contributed by atoms with Crippen LogP contribution in [0.5, 0.6) is 0 Å². The predicted octanol–water partition coefficient (Wildman–Crippen LogP) is 1.65. The van der Waals surface area contributed by atoms with Crippen molar-refractivity contribution in [2.75, 3.05) is 26.8 Å². The monoisotopic (exact) mass is 227 g/mol. The fourth-order valence-corrected chi connectivity index (χ4v) is 2.51. The molecule has 0 heterocycles. The quantitative estimate of drug-likeness (QED) is 0.700. The molecule has 0 spiro atoms. The molecule has 2 rings (SSSR count). The molecule has 94 valence electrons. The molecule has 0 unspecified atom stereocenters. The van der Waals surface area contributed by atoms with Crippen LogP contribution in [0.1, 0.15) is 38.5 Å². The first-order chi connectivity index (χ1) is 7.77. The average molecular weight is 227 g/mol. The van der Waals surface area contributed by atoms with Gasteiger partial charge in [0.1, 0.15) is 0 Å². The highest BCUT2D eigenvalue weighted by Crippen LogP contribution is 2.28. The Bertz CT molecular complexity index is 206. The van der Waals surface area contributed by atoms with Gasteiger partial charge in [0.05, 0.1) is 12.7 Å². The lowest BCUT2D eigenvalue weighted by Crippen LogP contribution is -2.44. The number of rotatable bonds is 6. The summed E-state index contributed by atoms with van der Waals surface area (Å²) in [5, 5.41) is 9.91. The Morgan fingerprint density at radius 3 is 2.62 bits per heavy atom. The highest BCUT2D eigenvalue weighted by atomic mass is 16.5. The van der Waals surface area contributed by atoms with Gasteiger partial charge < -0.3 is 9.84 Å². The number of nitrogens with zero attached hydrogens (tertiary/aromatic N) is 1. The van der Waals surface area contributed by atoms with Crippen LogP contribution in [-0.2, 0) is 4.74 Å². The van der Waals surface area contributed by atoms with Crippen molar-refractivity contribution in [2.45, 2.75) is 50.7 Å². The number of ether oxygens (including phenoxy) is 1. The van der Waals surface area contributed by atoms with E-state index in [4.69, 9.17) is 4.74 Å². The second-order valence-corrected chi connectivity index (χ2v) is 5.42. The summed E-state index contributed by atoms with van der Waals surface area (Å²) in [6, 6.07) is 0.360. The van der Waals surface area contributed by atoms with Crippen molar-refractivity contribution in [1.29, 1.82) is 0 Å². The first-order valence-electron chi connectivity index (χ1n) is 6.73. The minimum atomic E-state index is -0.123. The van der Waals surface area contributed by atoms with Gasteiger partial charge in [-0.25, -0.2) is 0 Å². The molecule has 0 radical (unpaired) electrons. The SMILES string of the molecule is CN(CCOCC1CC1)[C@@H]1CCCC[C@H]1O. The number of hydrogen-bond acceptors (Lipinski definition) is 3. The standard InChI is InChI=1S/C13H25NO2/c1-14(8-9-16-10-11-6-7-11)12-4-2-3-5-13(12)15/h11-13,15H,2-10H2,1H3/t12-,13-/m1/s1. The summed E-state index contributed by atoms with van der Waals surface area (Å²) in [5.74, 6) is 0.852. The maximum absolute atomic E-state index is 9.91. The van der Waals surface area contributed by atoms with Crippen LogP contribution in [0.15, 0.2) is 0 Å². The van der Waals surface area contributed by atoms with Crippen molar-refractivity contribution in [2.24, 2.45) is 5.92 Å². The van der Waals surface area contributed by atoms with Gasteiger partial charge in [0.2, 0.25) is 0 Å². The predicted molar refractivity (Wildman–Crippen MR) is 64.4 cm³/mol. The highest BCUT2D eigenvalue weighted by molar-refractivity contribution is 4.81. The second-order valence-electron chi connectivity index (χ2n) is 5.42. The van der Waals surface area contributed by atoms with Crippen LogP contribution in [0.25, 0.3) is 0 Å². The smallest absolute Gasteiger partial charge is 0.0695 e. The molecule has 2 atom stereocenters. The van der Waals surface area contributed by atoms with E-state index >= 15 is 0 Å². The Hall–Kier alpha value is -0.120. The lowest BCUT2D eigenvalue weighted by molar-refractivity contribution is 0.0156. The van der Waals surface area contributed by atoms with Gasteiger partial charge in [0.25, 0.3) is 0 Å². The van der Waals surface area contributed by atoms with E-state index in [1.54, 1.807) is 0 Å².